The van der Waals surface area contributed by atoms with Gasteiger partial charge in [-0.3, -0.25) is 48.1 Å². The van der Waals surface area contributed by atoms with Gasteiger partial charge in [0.25, 0.3) is 0 Å². The molecule has 27 nitrogen and oxygen atoms in total. The minimum atomic E-state index is -1.78. The molecular weight excluding hydrogens is 949 g/mol. The van der Waals surface area contributed by atoms with Crippen molar-refractivity contribution >= 4 is 65.2 Å². The van der Waals surface area contributed by atoms with E-state index < -0.39 is 133 Å². The maximum absolute atomic E-state index is 14.1. The lowest BCUT2D eigenvalue weighted by Gasteiger charge is -2.31. The van der Waals surface area contributed by atoms with Crippen molar-refractivity contribution in [1.29, 1.82) is 0 Å². The predicted molar refractivity (Wildman–Crippen MR) is 254 cm³/mol. The Hall–Kier alpha value is -7.91. The Balaban J connectivity index is 1.73. The number of aliphatic carboxylic acids is 2. The van der Waals surface area contributed by atoms with E-state index in [-0.39, 0.29) is 63.3 Å². The summed E-state index contributed by atoms with van der Waals surface area (Å²) in [7, 11) is 0. The molecule has 0 unspecified atom stereocenters. The van der Waals surface area contributed by atoms with Gasteiger partial charge in [0.05, 0.1) is 31.7 Å². The van der Waals surface area contributed by atoms with Crippen molar-refractivity contribution in [3.05, 3.63) is 65.7 Å². The molecule has 0 spiro atoms. The lowest BCUT2D eigenvalue weighted by Crippen LogP contribution is -2.61. The molecular formula is C45H64N12O15. The lowest BCUT2D eigenvalue weighted by atomic mass is 10.0. The van der Waals surface area contributed by atoms with E-state index in [4.69, 9.17) is 22.3 Å². The monoisotopic (exact) mass is 1010 g/mol. The van der Waals surface area contributed by atoms with Gasteiger partial charge in [-0.05, 0) is 69.2 Å². The van der Waals surface area contributed by atoms with E-state index in [0.717, 1.165) is 11.8 Å². The zero-order valence-corrected chi connectivity index (χ0v) is 39.6. The van der Waals surface area contributed by atoms with Crippen LogP contribution in [0.25, 0.3) is 0 Å². The minimum Gasteiger partial charge on any atom is -0.508 e. The van der Waals surface area contributed by atoms with Crippen LogP contribution >= 0.6 is 0 Å². The van der Waals surface area contributed by atoms with Crippen molar-refractivity contribution in [3.63, 3.8) is 0 Å². The quantitative estimate of drug-likeness (QED) is 0.0215. The van der Waals surface area contributed by atoms with E-state index in [0.29, 0.717) is 11.1 Å². The highest BCUT2D eigenvalue weighted by Gasteiger charge is 2.41. The van der Waals surface area contributed by atoms with Crippen LogP contribution in [0.15, 0.2) is 59.6 Å². The first kappa shape index (κ1) is 58.4. The fraction of sp³-hybridized carbons (Fsp3) is 0.489. The maximum atomic E-state index is 14.1. The minimum absolute atomic E-state index is 0.00716. The zero-order chi connectivity index (χ0) is 53.7. The first-order valence-corrected chi connectivity index (χ1v) is 22.8. The first-order valence-electron chi connectivity index (χ1n) is 22.8. The number of benzene rings is 2. The van der Waals surface area contributed by atoms with E-state index >= 15 is 0 Å². The van der Waals surface area contributed by atoms with Crippen LogP contribution in [0.5, 0.6) is 5.75 Å². The molecule has 2 aromatic carbocycles. The van der Waals surface area contributed by atoms with Crippen LogP contribution in [-0.2, 0) is 60.8 Å². The van der Waals surface area contributed by atoms with E-state index in [1.165, 1.54) is 19.1 Å². The Labute approximate surface area is 413 Å². The summed E-state index contributed by atoms with van der Waals surface area (Å²) in [5.74, 6) is -10.8. The van der Waals surface area contributed by atoms with E-state index in [9.17, 15) is 68.4 Å². The van der Waals surface area contributed by atoms with Gasteiger partial charge < -0.3 is 84.9 Å². The van der Waals surface area contributed by atoms with Gasteiger partial charge in [-0.15, -0.1) is 0 Å². The number of guanidine groups is 1. The molecule has 1 heterocycles. The maximum Gasteiger partial charge on any atom is 0.328 e. The van der Waals surface area contributed by atoms with Crippen LogP contribution in [0.2, 0.25) is 0 Å². The van der Waals surface area contributed by atoms with Crippen molar-refractivity contribution in [3.8, 4) is 5.75 Å². The number of phenolic OH excluding ortho intramolecular Hbond substituents is 1. The van der Waals surface area contributed by atoms with Gasteiger partial charge >= 0.3 is 11.9 Å². The second-order valence-electron chi connectivity index (χ2n) is 16.9. The second kappa shape index (κ2) is 28.7. The number of phenols is 1. The summed E-state index contributed by atoms with van der Waals surface area (Å²) in [6.07, 6.45) is -2.39. The molecule has 0 saturated carbocycles. The van der Waals surface area contributed by atoms with Crippen LogP contribution in [-0.4, -0.2) is 176 Å². The molecule has 394 valence electrons. The number of hydrogen-bond acceptors (Lipinski definition) is 15. The molecule has 1 aliphatic heterocycles. The molecule has 0 aliphatic carbocycles. The number of carboxylic acids is 2. The van der Waals surface area contributed by atoms with E-state index in [2.05, 4.69) is 36.9 Å². The third-order valence-corrected chi connectivity index (χ3v) is 11.1. The molecule has 0 aromatic heterocycles. The summed E-state index contributed by atoms with van der Waals surface area (Å²) in [5.41, 5.74) is 18.1. The van der Waals surface area contributed by atoms with Gasteiger partial charge in [0, 0.05) is 19.5 Å². The topological polar surface area (TPSA) is 450 Å². The molecule has 0 bridgehead atoms. The van der Waals surface area contributed by atoms with Crippen molar-refractivity contribution in [2.45, 2.75) is 113 Å². The molecule has 72 heavy (non-hydrogen) atoms. The number of aliphatic hydroxyl groups is 2. The summed E-state index contributed by atoms with van der Waals surface area (Å²) in [6.45, 7) is 0.691. The molecule has 2 aromatic rings. The molecule has 1 fully saturated rings. The van der Waals surface area contributed by atoms with Crippen molar-refractivity contribution in [1.82, 2.24) is 42.1 Å². The van der Waals surface area contributed by atoms with Gasteiger partial charge in [0.2, 0.25) is 47.3 Å². The number of nitrogens with one attached hydrogen (secondary N) is 7. The first-order chi connectivity index (χ1) is 34.0. The van der Waals surface area contributed by atoms with Crippen LogP contribution in [0.4, 0.5) is 0 Å². The van der Waals surface area contributed by atoms with Crippen molar-refractivity contribution in [2.75, 3.05) is 26.2 Å². The number of carbonyl (C=O) groups excluding carboxylic acids is 8. The number of aliphatic hydroxyl groups excluding tert-OH is 2. The summed E-state index contributed by atoms with van der Waals surface area (Å²) < 4.78 is 0. The highest BCUT2D eigenvalue weighted by Crippen LogP contribution is 2.20. The SMILES string of the molecule is C[C@H](NC(=O)[C@@H](NC(=O)[C@@H]1CCCN1C(=O)[C@H](CC(=O)O)NC(=O)[C@H](CCCN=C(N)N)NC(=O)[C@@H](N)Cc1ccc(O)cc1)[C@@H](C)O)C(=O)N[C@@H](Cc1ccccc1)C(=O)NCC(=O)N[C@@H](CO)C(=O)O. The number of aromatic hydroxyl groups is 1. The average Bonchev–Trinajstić information content (AvgIpc) is 3.82. The molecule has 8 amide bonds. The molecule has 3 rings (SSSR count). The van der Waals surface area contributed by atoms with Crippen LogP contribution in [0.1, 0.15) is 57.1 Å². The fourth-order valence-corrected chi connectivity index (χ4v) is 7.28. The predicted octanol–water partition coefficient (Wildman–Crippen LogP) is -5.47. The number of carboxylic acid groups (broad SMARTS) is 2. The number of hydrogen-bond donors (Lipinski definition) is 15. The zero-order valence-electron chi connectivity index (χ0n) is 39.6. The van der Waals surface area contributed by atoms with Crippen molar-refractivity contribution in [2.24, 2.45) is 22.2 Å². The van der Waals surface area contributed by atoms with E-state index in [1.54, 1.807) is 42.5 Å². The normalized spacial score (nSPS) is 16.3. The summed E-state index contributed by atoms with van der Waals surface area (Å²) in [4.78, 5) is 136. The van der Waals surface area contributed by atoms with Gasteiger partial charge in [-0.1, -0.05) is 42.5 Å². The largest absolute Gasteiger partial charge is 0.508 e. The van der Waals surface area contributed by atoms with Crippen molar-refractivity contribution < 1.29 is 73.5 Å². The van der Waals surface area contributed by atoms with Crippen LogP contribution in [0.3, 0.4) is 0 Å². The highest BCUT2D eigenvalue weighted by atomic mass is 16.4. The third kappa shape index (κ3) is 19.1. The third-order valence-electron chi connectivity index (χ3n) is 11.1. The Bertz CT molecular complexity index is 2260. The van der Waals surface area contributed by atoms with Gasteiger partial charge in [-0.25, -0.2) is 4.79 Å². The number of nitrogens with two attached hydrogens (primary N) is 3. The Morgan fingerprint density at radius 2 is 1.36 bits per heavy atom. The van der Waals surface area contributed by atoms with Gasteiger partial charge in [-0.2, -0.15) is 0 Å². The summed E-state index contributed by atoms with van der Waals surface area (Å²) in [5, 5.41) is 64.7. The molecule has 1 saturated heterocycles. The Morgan fingerprint density at radius 1 is 0.736 bits per heavy atom. The molecule has 27 heteroatoms. The number of amides is 8. The highest BCUT2D eigenvalue weighted by molar-refractivity contribution is 5.99. The molecule has 0 radical (unpaired) electrons. The Morgan fingerprint density at radius 3 is 1.96 bits per heavy atom. The smallest absolute Gasteiger partial charge is 0.328 e. The number of nitrogens with zero attached hydrogens (tertiary/aromatic N) is 2. The fourth-order valence-electron chi connectivity index (χ4n) is 7.28. The summed E-state index contributed by atoms with van der Waals surface area (Å²) in [6, 6.07) is 2.41. The number of rotatable bonds is 28. The van der Waals surface area contributed by atoms with E-state index in [1.807, 2.05) is 5.32 Å². The van der Waals surface area contributed by atoms with Gasteiger partial charge in [0.1, 0.15) is 48.0 Å². The number of carbonyl (C=O) groups is 10. The molecule has 1 aliphatic rings. The second-order valence-corrected chi connectivity index (χ2v) is 16.9. The van der Waals surface area contributed by atoms with Gasteiger partial charge in [0.15, 0.2) is 5.96 Å². The standard InChI is InChI=1S/C45H64N12O15/c1-23(37(64)54-30(19-25-8-4-3-5-9-25)39(66)50-21-34(61)52-32(22-58)44(71)72)51-42(69)36(24(2)59)56-41(68)33-11-7-17-57(33)43(70)31(20-35(62)63)55-40(67)29(10-6-16-49-45(47)48)53-38(65)28(46)18-26-12-14-27(60)15-13-26/h3-5,8-9,12-15,23-24,28-33,36,58-60H,6-7,10-11,16-22,46H2,1-2H3,(H,50,66)(H,51,69)(H,52,61)(H,53,65)(H,54,64)(H,55,67)(H,56,68)(H,62,63)(H,71,72)(H4,47,48,49)/t23-,24+,28-,29-,30-,31-,32-,33-,36-/m0/s1. The Kier molecular flexibility index (Phi) is 23.3. The van der Waals surface area contributed by atoms with Crippen LogP contribution < -0.4 is 54.4 Å². The number of aliphatic imine (C=N–C) groups is 1. The average molecular weight is 1010 g/mol. The van der Waals surface area contributed by atoms with Crippen LogP contribution in [0, 0.1) is 0 Å². The molecule has 9 atom stereocenters. The summed E-state index contributed by atoms with van der Waals surface area (Å²) >= 11 is 0. The molecule has 18 N–H and O–H groups in total. The lowest BCUT2D eigenvalue weighted by molar-refractivity contribution is -0.146. The number of likely N-dealkylation sites (tertiary alicyclic amines) is 1.